The van der Waals surface area contributed by atoms with E-state index in [1.54, 1.807) is 7.05 Å². The second kappa shape index (κ2) is 2.67. The minimum Gasteiger partial charge on any atom is -0.275 e. The average Bonchev–Trinajstić information content (AvgIpc) is 2.53. The van der Waals surface area contributed by atoms with E-state index in [9.17, 15) is 9.18 Å². The van der Waals surface area contributed by atoms with Crippen LogP contribution in [0.3, 0.4) is 0 Å². The van der Waals surface area contributed by atoms with Crippen LogP contribution in [0.25, 0.3) is 0 Å². The molecule has 0 heterocycles. The van der Waals surface area contributed by atoms with Gasteiger partial charge in [-0.25, -0.2) is 9.45 Å². The van der Waals surface area contributed by atoms with Crippen molar-refractivity contribution >= 4 is 5.91 Å². The molecule has 74 valence electrons. The molecule has 0 aromatic carbocycles. The summed E-state index contributed by atoms with van der Waals surface area (Å²) in [5.74, 6) is 0.0700. The number of rotatable bonds is 2. The van der Waals surface area contributed by atoms with E-state index in [2.05, 4.69) is 0 Å². The Morgan fingerprint density at radius 3 is 2.54 bits per heavy atom. The molecular weight excluding hydrogens is 173 g/mol. The van der Waals surface area contributed by atoms with E-state index < -0.39 is 11.6 Å². The van der Waals surface area contributed by atoms with Crippen molar-refractivity contribution < 1.29 is 14.0 Å². The van der Waals surface area contributed by atoms with Gasteiger partial charge >= 0.3 is 0 Å². The molecule has 0 aromatic rings. The molecule has 0 spiro atoms. The summed E-state index contributed by atoms with van der Waals surface area (Å²) in [6, 6.07) is 0. The van der Waals surface area contributed by atoms with Crippen molar-refractivity contribution in [3.63, 3.8) is 0 Å². The van der Waals surface area contributed by atoms with Gasteiger partial charge in [0.1, 0.15) is 6.17 Å². The molecule has 13 heavy (non-hydrogen) atoms. The molecule has 1 amide bonds. The Hall–Kier alpha value is -0.640. The van der Waals surface area contributed by atoms with Gasteiger partial charge in [0.15, 0.2) is 0 Å². The van der Waals surface area contributed by atoms with Crippen LogP contribution in [0.2, 0.25) is 0 Å². The fraction of sp³-hybridized carbons (Fsp3) is 0.889. The third-order valence-electron chi connectivity index (χ3n) is 3.42. The van der Waals surface area contributed by atoms with Crippen LogP contribution in [-0.4, -0.2) is 31.3 Å². The highest BCUT2D eigenvalue weighted by molar-refractivity contribution is 5.83. The molecule has 0 saturated heterocycles. The summed E-state index contributed by atoms with van der Waals surface area (Å²) >= 11 is 0. The molecule has 3 fully saturated rings. The summed E-state index contributed by atoms with van der Waals surface area (Å²) in [7, 11) is 3.03. The first kappa shape index (κ1) is 8.94. The van der Waals surface area contributed by atoms with Gasteiger partial charge in [0.05, 0.1) is 12.5 Å². The number of hydrogen-bond donors (Lipinski definition) is 0. The molecule has 1 unspecified atom stereocenters. The van der Waals surface area contributed by atoms with Gasteiger partial charge in [0.2, 0.25) is 0 Å². The lowest BCUT2D eigenvalue weighted by Crippen LogP contribution is -2.44. The van der Waals surface area contributed by atoms with Crippen molar-refractivity contribution in [2.45, 2.75) is 25.4 Å². The van der Waals surface area contributed by atoms with Crippen LogP contribution in [0.5, 0.6) is 0 Å². The summed E-state index contributed by atoms with van der Waals surface area (Å²) in [5.41, 5.74) is -0.422. The van der Waals surface area contributed by atoms with Crippen LogP contribution in [0.1, 0.15) is 19.3 Å². The Labute approximate surface area is 76.8 Å². The molecule has 2 bridgehead atoms. The zero-order valence-corrected chi connectivity index (χ0v) is 7.92. The fourth-order valence-corrected chi connectivity index (χ4v) is 2.59. The lowest BCUT2D eigenvalue weighted by atomic mass is 9.69. The Bertz CT molecular complexity index is 238. The summed E-state index contributed by atoms with van der Waals surface area (Å²) in [4.78, 5) is 16.5. The van der Waals surface area contributed by atoms with Crippen LogP contribution in [0, 0.1) is 11.3 Å². The predicted molar refractivity (Wildman–Crippen MR) is 44.4 cm³/mol. The summed E-state index contributed by atoms with van der Waals surface area (Å²) in [6.45, 7) is 0. The topological polar surface area (TPSA) is 29.5 Å². The van der Waals surface area contributed by atoms with Gasteiger partial charge in [0, 0.05) is 7.05 Å². The van der Waals surface area contributed by atoms with Crippen molar-refractivity contribution in [1.29, 1.82) is 0 Å². The molecule has 0 N–H and O–H groups in total. The van der Waals surface area contributed by atoms with E-state index >= 15 is 0 Å². The molecule has 3 rings (SSSR count). The molecule has 0 aromatic heterocycles. The lowest BCUT2D eigenvalue weighted by molar-refractivity contribution is -0.184. The number of halogens is 1. The van der Waals surface area contributed by atoms with Crippen molar-refractivity contribution in [2.24, 2.45) is 11.3 Å². The van der Waals surface area contributed by atoms with E-state index in [0.717, 1.165) is 0 Å². The molecule has 4 heteroatoms. The van der Waals surface area contributed by atoms with E-state index in [-0.39, 0.29) is 11.8 Å². The Kier molecular flexibility index (Phi) is 1.84. The molecule has 3 aliphatic carbocycles. The number of fused-ring (bicyclic) bond motifs is 1. The monoisotopic (exact) mass is 187 g/mol. The first-order valence-corrected chi connectivity index (χ1v) is 4.55. The van der Waals surface area contributed by atoms with Gasteiger partial charge in [0.25, 0.3) is 5.91 Å². The largest absolute Gasteiger partial charge is 0.275 e. The molecule has 3 nitrogen and oxygen atoms in total. The number of nitrogens with zero attached hydrogens (tertiary/aromatic N) is 1. The highest BCUT2D eigenvalue weighted by Crippen LogP contribution is 2.60. The third kappa shape index (κ3) is 1.08. The van der Waals surface area contributed by atoms with Crippen LogP contribution < -0.4 is 0 Å². The minimum atomic E-state index is -0.769. The van der Waals surface area contributed by atoms with Crippen molar-refractivity contribution in [2.75, 3.05) is 14.2 Å². The SMILES string of the molecule is CON(C)C(=O)C12CC(F)C(C1)C2. The Balaban J connectivity index is 2.06. The highest BCUT2D eigenvalue weighted by Gasteiger charge is 2.61. The number of amides is 1. The molecule has 3 aliphatic rings. The smallest absolute Gasteiger partial charge is 0.252 e. The Morgan fingerprint density at radius 2 is 2.15 bits per heavy atom. The van der Waals surface area contributed by atoms with E-state index in [1.807, 2.05) is 0 Å². The average molecular weight is 187 g/mol. The van der Waals surface area contributed by atoms with Crippen molar-refractivity contribution in [1.82, 2.24) is 5.06 Å². The van der Waals surface area contributed by atoms with Crippen LogP contribution in [0.15, 0.2) is 0 Å². The molecule has 1 atom stereocenters. The maximum atomic E-state index is 13.1. The van der Waals surface area contributed by atoms with E-state index in [1.165, 1.54) is 12.2 Å². The maximum absolute atomic E-state index is 13.1. The van der Waals surface area contributed by atoms with Crippen molar-refractivity contribution in [3.8, 4) is 0 Å². The van der Waals surface area contributed by atoms with E-state index in [0.29, 0.717) is 19.3 Å². The first-order chi connectivity index (χ1) is 6.09. The first-order valence-electron chi connectivity index (χ1n) is 4.55. The minimum absolute atomic E-state index is 0.0635. The van der Waals surface area contributed by atoms with Gasteiger partial charge in [-0.3, -0.25) is 9.63 Å². The van der Waals surface area contributed by atoms with Crippen LogP contribution >= 0.6 is 0 Å². The lowest BCUT2D eigenvalue weighted by Gasteiger charge is -2.38. The number of carbonyl (C=O) groups excluding carboxylic acids is 1. The fourth-order valence-electron chi connectivity index (χ4n) is 2.59. The summed E-state index contributed by atoms with van der Waals surface area (Å²) in [6.07, 6.45) is 1.04. The van der Waals surface area contributed by atoms with Gasteiger partial charge in [-0.2, -0.15) is 0 Å². The standard InChI is InChI=1S/C9H14FNO2/c1-11(13-2)8(12)9-3-6(4-9)7(10)5-9/h6-7H,3-5H2,1-2H3. The normalized spacial score (nSPS) is 41.5. The van der Waals surface area contributed by atoms with Gasteiger partial charge in [-0.15, -0.1) is 0 Å². The van der Waals surface area contributed by atoms with E-state index in [4.69, 9.17) is 4.84 Å². The van der Waals surface area contributed by atoms with Gasteiger partial charge < -0.3 is 0 Å². The summed E-state index contributed by atoms with van der Waals surface area (Å²) < 4.78 is 13.1. The molecule has 0 aliphatic heterocycles. The molecular formula is C9H14FNO2. The molecule has 0 radical (unpaired) electrons. The second-order valence-electron chi connectivity index (χ2n) is 4.15. The third-order valence-corrected chi connectivity index (χ3v) is 3.42. The highest BCUT2D eigenvalue weighted by atomic mass is 19.1. The van der Waals surface area contributed by atoms with Crippen LogP contribution in [0.4, 0.5) is 4.39 Å². The molecule has 3 saturated carbocycles. The van der Waals surface area contributed by atoms with Gasteiger partial charge in [-0.1, -0.05) is 0 Å². The number of hydrogen-bond acceptors (Lipinski definition) is 2. The van der Waals surface area contributed by atoms with Crippen molar-refractivity contribution in [3.05, 3.63) is 0 Å². The zero-order valence-electron chi connectivity index (χ0n) is 7.92. The quantitative estimate of drug-likeness (QED) is 0.607. The maximum Gasteiger partial charge on any atom is 0.252 e. The number of hydroxylamine groups is 2. The zero-order chi connectivity index (χ0) is 9.64. The second-order valence-corrected chi connectivity index (χ2v) is 4.15. The Morgan fingerprint density at radius 1 is 1.54 bits per heavy atom. The predicted octanol–water partition coefficient (Wildman–Crippen LogP) is 1.14. The number of alkyl halides is 1. The summed E-state index contributed by atoms with van der Waals surface area (Å²) in [5, 5.41) is 1.22. The van der Waals surface area contributed by atoms with Crippen LogP contribution in [-0.2, 0) is 9.63 Å². The van der Waals surface area contributed by atoms with Gasteiger partial charge in [-0.05, 0) is 25.2 Å². The number of carbonyl (C=O) groups is 1.